The summed E-state index contributed by atoms with van der Waals surface area (Å²) in [5.74, 6) is -0.388. The highest BCUT2D eigenvalue weighted by atomic mass is 19.4. The molecule has 0 aromatic heterocycles. The van der Waals surface area contributed by atoms with Crippen LogP contribution < -0.4 is 0 Å². The molecule has 23 heavy (non-hydrogen) atoms. The van der Waals surface area contributed by atoms with Gasteiger partial charge in [-0.25, -0.2) is 0 Å². The van der Waals surface area contributed by atoms with E-state index < -0.39 is 17.0 Å². The van der Waals surface area contributed by atoms with Gasteiger partial charge in [0.15, 0.2) is 0 Å². The Kier molecular flexibility index (Phi) is 5.27. The number of unbranched alkanes of at least 4 members (excludes halogenated alkanes) is 1. The summed E-state index contributed by atoms with van der Waals surface area (Å²) >= 11 is 0. The number of hydrogen-bond donors (Lipinski definition) is 0. The summed E-state index contributed by atoms with van der Waals surface area (Å²) in [5.41, 5.74) is -1.95. The normalized spacial score (nSPS) is 30.2. The fourth-order valence-electron chi connectivity index (χ4n) is 4.89. The predicted molar refractivity (Wildman–Crippen MR) is 89.3 cm³/mol. The van der Waals surface area contributed by atoms with E-state index in [0.29, 0.717) is 24.8 Å². The van der Waals surface area contributed by atoms with Crippen LogP contribution in [0.1, 0.15) is 57.9 Å². The zero-order chi connectivity index (χ0) is 17.1. The van der Waals surface area contributed by atoms with Gasteiger partial charge in [-0.3, -0.25) is 0 Å². The van der Waals surface area contributed by atoms with Gasteiger partial charge in [0.25, 0.3) is 0 Å². The summed E-state index contributed by atoms with van der Waals surface area (Å²) in [6, 6.07) is 8.55. The largest absolute Gasteiger partial charge is 0.399 e. The van der Waals surface area contributed by atoms with Gasteiger partial charge in [0.05, 0.1) is 0 Å². The molecule has 3 atom stereocenters. The van der Waals surface area contributed by atoms with Crippen LogP contribution in [0, 0.1) is 11.3 Å². The smallest absolute Gasteiger partial charge is 0.170 e. The van der Waals surface area contributed by atoms with Gasteiger partial charge in [-0.15, -0.1) is 6.58 Å². The number of hydrogen-bond acceptors (Lipinski definition) is 0. The molecule has 0 bridgehead atoms. The van der Waals surface area contributed by atoms with Gasteiger partial charge in [0.1, 0.15) is 5.41 Å². The van der Waals surface area contributed by atoms with Crippen molar-refractivity contribution in [3.63, 3.8) is 0 Å². The quantitative estimate of drug-likeness (QED) is 0.468. The molecule has 3 heteroatoms. The molecule has 0 unspecified atom stereocenters. The average Bonchev–Trinajstić information content (AvgIpc) is 3.09. The van der Waals surface area contributed by atoms with Crippen LogP contribution in [-0.2, 0) is 5.41 Å². The van der Waals surface area contributed by atoms with Crippen LogP contribution in [0.2, 0.25) is 0 Å². The molecular weight excluding hydrogens is 297 g/mol. The van der Waals surface area contributed by atoms with Crippen molar-refractivity contribution < 1.29 is 13.2 Å². The maximum atomic E-state index is 14.4. The first kappa shape index (κ1) is 18.1. The molecule has 0 amide bonds. The van der Waals surface area contributed by atoms with Crippen LogP contribution in [0.5, 0.6) is 0 Å². The summed E-state index contributed by atoms with van der Waals surface area (Å²) in [6.45, 7) is 7.75. The summed E-state index contributed by atoms with van der Waals surface area (Å²) in [7, 11) is 0. The maximum Gasteiger partial charge on any atom is 0.399 e. The first-order chi connectivity index (χ1) is 10.9. The summed E-state index contributed by atoms with van der Waals surface area (Å²) in [4.78, 5) is 0. The van der Waals surface area contributed by atoms with Crippen LogP contribution in [0.25, 0.3) is 0 Å². The molecule has 1 aromatic carbocycles. The van der Waals surface area contributed by atoms with Gasteiger partial charge in [0.2, 0.25) is 0 Å². The van der Waals surface area contributed by atoms with Crippen LogP contribution in [-0.4, -0.2) is 6.18 Å². The molecular formula is C20H27F3. The molecule has 0 aliphatic heterocycles. The van der Waals surface area contributed by atoms with Crippen molar-refractivity contribution in [2.75, 3.05) is 0 Å². The molecule has 0 spiro atoms. The number of rotatable bonds is 8. The van der Waals surface area contributed by atoms with E-state index in [1.807, 2.05) is 13.8 Å². The maximum absolute atomic E-state index is 14.4. The Labute approximate surface area is 137 Å². The molecule has 1 fully saturated rings. The molecule has 2 rings (SSSR count). The predicted octanol–water partition coefficient (Wildman–Crippen LogP) is 6.67. The molecule has 0 nitrogen and oxygen atoms in total. The third-order valence-corrected chi connectivity index (χ3v) is 5.64. The lowest BCUT2D eigenvalue weighted by Gasteiger charge is -2.28. The van der Waals surface area contributed by atoms with Crippen molar-refractivity contribution in [1.82, 2.24) is 0 Å². The van der Waals surface area contributed by atoms with Crippen molar-refractivity contribution in [1.29, 1.82) is 0 Å². The second kappa shape index (κ2) is 6.70. The van der Waals surface area contributed by atoms with Crippen molar-refractivity contribution in [2.45, 2.75) is 64.0 Å². The van der Waals surface area contributed by atoms with E-state index in [2.05, 4.69) is 6.58 Å². The van der Waals surface area contributed by atoms with Gasteiger partial charge in [0, 0.05) is 0 Å². The Morgan fingerprint density at radius 2 is 1.74 bits per heavy atom. The van der Waals surface area contributed by atoms with E-state index >= 15 is 0 Å². The Hall–Kier alpha value is -1.25. The van der Waals surface area contributed by atoms with E-state index in [9.17, 15) is 13.2 Å². The molecule has 1 aromatic rings. The molecule has 0 N–H and O–H groups in total. The van der Waals surface area contributed by atoms with Crippen LogP contribution in [0.4, 0.5) is 13.2 Å². The second-order valence-corrected chi connectivity index (χ2v) is 6.76. The van der Waals surface area contributed by atoms with Crippen LogP contribution >= 0.6 is 0 Å². The Morgan fingerprint density at radius 3 is 2.22 bits per heavy atom. The summed E-state index contributed by atoms with van der Waals surface area (Å²) < 4.78 is 43.1. The Balaban J connectivity index is 2.60. The third-order valence-electron chi connectivity index (χ3n) is 5.64. The van der Waals surface area contributed by atoms with Gasteiger partial charge in [-0.1, -0.05) is 69.5 Å². The van der Waals surface area contributed by atoms with Crippen molar-refractivity contribution >= 4 is 0 Å². The monoisotopic (exact) mass is 324 g/mol. The van der Waals surface area contributed by atoms with Crippen LogP contribution in [0.15, 0.2) is 43.0 Å². The molecule has 128 valence electrons. The van der Waals surface area contributed by atoms with Gasteiger partial charge in [-0.05, 0) is 36.2 Å². The molecule has 0 radical (unpaired) electrons. The van der Waals surface area contributed by atoms with Crippen molar-refractivity contribution in [3.8, 4) is 0 Å². The molecule has 1 aliphatic rings. The summed E-state index contributed by atoms with van der Waals surface area (Å²) in [5, 5.41) is 0. The fraction of sp³-hybridized carbons (Fsp3) is 0.600. The number of allylic oxidation sites excluding steroid dienone is 1. The van der Waals surface area contributed by atoms with Gasteiger partial charge in [-0.2, -0.15) is 13.2 Å². The number of alkyl halides is 3. The lowest BCUT2D eigenvalue weighted by atomic mass is 9.80. The van der Waals surface area contributed by atoms with Crippen LogP contribution in [0.3, 0.4) is 0 Å². The van der Waals surface area contributed by atoms with E-state index in [-0.39, 0.29) is 5.92 Å². The topological polar surface area (TPSA) is 0 Å². The molecule has 0 saturated heterocycles. The minimum atomic E-state index is -4.23. The zero-order valence-corrected chi connectivity index (χ0v) is 14.1. The lowest BCUT2D eigenvalue weighted by Crippen LogP contribution is -2.36. The lowest BCUT2D eigenvalue weighted by molar-refractivity contribution is -0.174. The molecule has 0 heterocycles. The minimum absolute atomic E-state index is 0.388. The zero-order valence-electron chi connectivity index (χ0n) is 14.1. The fourth-order valence-corrected chi connectivity index (χ4v) is 4.89. The first-order valence-electron chi connectivity index (χ1n) is 8.65. The average molecular weight is 324 g/mol. The first-order valence-corrected chi connectivity index (χ1v) is 8.65. The van der Waals surface area contributed by atoms with E-state index in [0.717, 1.165) is 19.3 Å². The SMILES string of the molecule is C=CC[C@H]1[C@](CCC)(CCCC)[C@]1(c1ccccc1)C(F)(F)F. The highest BCUT2D eigenvalue weighted by Gasteiger charge is 2.85. The summed E-state index contributed by atoms with van der Waals surface area (Å²) in [6.07, 6.45) is 1.68. The Morgan fingerprint density at radius 1 is 1.09 bits per heavy atom. The highest BCUT2D eigenvalue weighted by Crippen LogP contribution is 2.80. The molecule has 1 aliphatic carbocycles. The van der Waals surface area contributed by atoms with Crippen molar-refractivity contribution in [2.24, 2.45) is 11.3 Å². The van der Waals surface area contributed by atoms with E-state index in [1.54, 1.807) is 36.4 Å². The van der Waals surface area contributed by atoms with Crippen molar-refractivity contribution in [3.05, 3.63) is 48.6 Å². The Bertz CT molecular complexity index is 519. The number of benzene rings is 1. The highest BCUT2D eigenvalue weighted by molar-refractivity contribution is 5.44. The number of halogens is 3. The minimum Gasteiger partial charge on any atom is -0.170 e. The van der Waals surface area contributed by atoms with Gasteiger partial charge < -0.3 is 0 Å². The van der Waals surface area contributed by atoms with E-state index in [1.165, 1.54) is 0 Å². The second-order valence-electron chi connectivity index (χ2n) is 6.76. The van der Waals surface area contributed by atoms with E-state index in [4.69, 9.17) is 0 Å². The molecule has 1 saturated carbocycles. The standard InChI is InChI=1S/C20H27F3/c1-4-7-15-18(14-6-3)17(11-5-2)19(18,20(21,22)23)16-12-9-8-10-13-16/h5,8-10,12-13,17H,2,4,6-7,11,14-15H2,1,3H3/t17-,18-,19+/m0/s1. The van der Waals surface area contributed by atoms with Gasteiger partial charge >= 0.3 is 6.18 Å². The third kappa shape index (κ3) is 2.62.